The lowest BCUT2D eigenvalue weighted by atomic mass is 9.96. The standard InChI is InChI=1S/C21H27N3O.ClH/c1-16(18-7-6-17-4-2-3-5-19(17)14-18)21(25)24-11-8-20(15-24)23-12-9-22-10-13-23;/h2-7,14,16,20,22H,8-13,15H2,1H3;1H. The minimum absolute atomic E-state index is 0. The van der Waals surface area contributed by atoms with Crippen LogP contribution in [-0.4, -0.2) is 61.0 Å². The molecule has 2 aliphatic rings. The largest absolute Gasteiger partial charge is 0.341 e. The molecule has 0 aromatic heterocycles. The average Bonchev–Trinajstić information content (AvgIpc) is 3.17. The summed E-state index contributed by atoms with van der Waals surface area (Å²) < 4.78 is 0. The number of piperazine rings is 1. The number of hydrogen-bond donors (Lipinski definition) is 1. The molecule has 1 N–H and O–H groups in total. The molecule has 2 aliphatic heterocycles. The Morgan fingerprint density at radius 3 is 2.58 bits per heavy atom. The maximum Gasteiger partial charge on any atom is 0.229 e. The Kier molecular flexibility index (Phi) is 6.17. The van der Waals surface area contributed by atoms with Crippen LogP contribution in [0.4, 0.5) is 0 Å². The smallest absolute Gasteiger partial charge is 0.229 e. The van der Waals surface area contributed by atoms with E-state index in [1.807, 2.05) is 6.92 Å². The summed E-state index contributed by atoms with van der Waals surface area (Å²) in [6, 6.07) is 15.3. The van der Waals surface area contributed by atoms with E-state index < -0.39 is 0 Å². The maximum absolute atomic E-state index is 13.0. The quantitative estimate of drug-likeness (QED) is 0.898. The first-order valence-electron chi connectivity index (χ1n) is 9.44. The van der Waals surface area contributed by atoms with E-state index in [4.69, 9.17) is 0 Å². The van der Waals surface area contributed by atoms with Crippen LogP contribution in [0.5, 0.6) is 0 Å². The van der Waals surface area contributed by atoms with Crippen LogP contribution in [-0.2, 0) is 4.79 Å². The van der Waals surface area contributed by atoms with Crippen molar-refractivity contribution in [1.29, 1.82) is 0 Å². The Labute approximate surface area is 161 Å². The first-order valence-corrected chi connectivity index (χ1v) is 9.44. The SMILES string of the molecule is CC(C(=O)N1CCC(N2CCNCC2)C1)c1ccc2ccccc2c1.Cl. The van der Waals surface area contributed by atoms with Gasteiger partial charge in [0.05, 0.1) is 5.92 Å². The molecule has 0 bridgehead atoms. The van der Waals surface area contributed by atoms with E-state index in [-0.39, 0.29) is 24.2 Å². The van der Waals surface area contributed by atoms with Gasteiger partial charge in [0.1, 0.15) is 0 Å². The molecule has 2 aromatic rings. The predicted octanol–water partition coefficient (Wildman–Crippen LogP) is 2.87. The molecule has 2 heterocycles. The van der Waals surface area contributed by atoms with Gasteiger partial charge in [-0.1, -0.05) is 42.5 Å². The number of nitrogens with one attached hydrogen (secondary N) is 1. The van der Waals surface area contributed by atoms with E-state index >= 15 is 0 Å². The fourth-order valence-corrected chi connectivity index (χ4v) is 4.18. The lowest BCUT2D eigenvalue weighted by Gasteiger charge is -2.32. The molecule has 140 valence electrons. The summed E-state index contributed by atoms with van der Waals surface area (Å²) in [4.78, 5) is 17.6. The van der Waals surface area contributed by atoms with Crippen molar-refractivity contribution in [3.8, 4) is 0 Å². The number of benzene rings is 2. The van der Waals surface area contributed by atoms with Crippen molar-refractivity contribution in [3.63, 3.8) is 0 Å². The van der Waals surface area contributed by atoms with Crippen LogP contribution in [0.25, 0.3) is 10.8 Å². The van der Waals surface area contributed by atoms with Crippen molar-refractivity contribution in [1.82, 2.24) is 15.1 Å². The highest BCUT2D eigenvalue weighted by molar-refractivity contribution is 5.87. The Hall–Kier alpha value is -1.62. The van der Waals surface area contributed by atoms with Gasteiger partial charge in [0.15, 0.2) is 0 Å². The normalized spacial score (nSPS) is 22.2. The lowest BCUT2D eigenvalue weighted by Crippen LogP contribution is -2.49. The van der Waals surface area contributed by atoms with Crippen molar-refractivity contribution in [2.75, 3.05) is 39.3 Å². The number of rotatable bonds is 3. The molecule has 2 atom stereocenters. The Bertz CT molecular complexity index is 760. The summed E-state index contributed by atoms with van der Waals surface area (Å²) in [7, 11) is 0. The van der Waals surface area contributed by atoms with Gasteiger partial charge in [-0.3, -0.25) is 9.69 Å². The molecule has 2 aromatic carbocycles. The van der Waals surface area contributed by atoms with E-state index in [0.29, 0.717) is 6.04 Å². The second kappa shape index (κ2) is 8.38. The second-order valence-electron chi connectivity index (χ2n) is 7.34. The number of likely N-dealkylation sites (tertiary alicyclic amines) is 1. The molecule has 4 nitrogen and oxygen atoms in total. The van der Waals surface area contributed by atoms with Crippen LogP contribution in [0.2, 0.25) is 0 Å². The third-order valence-corrected chi connectivity index (χ3v) is 5.79. The van der Waals surface area contributed by atoms with Crippen LogP contribution in [0.15, 0.2) is 42.5 Å². The van der Waals surface area contributed by atoms with Gasteiger partial charge in [0, 0.05) is 45.3 Å². The van der Waals surface area contributed by atoms with Crippen molar-refractivity contribution in [2.24, 2.45) is 0 Å². The van der Waals surface area contributed by atoms with Gasteiger partial charge in [-0.05, 0) is 29.7 Å². The highest BCUT2D eigenvalue weighted by Gasteiger charge is 2.32. The van der Waals surface area contributed by atoms with E-state index in [0.717, 1.165) is 51.3 Å². The molecule has 0 radical (unpaired) electrons. The Morgan fingerprint density at radius 1 is 1.08 bits per heavy atom. The molecule has 2 unspecified atom stereocenters. The highest BCUT2D eigenvalue weighted by Crippen LogP contribution is 2.26. The first kappa shape index (κ1) is 19.2. The Balaban J connectivity index is 0.00000196. The number of hydrogen-bond acceptors (Lipinski definition) is 3. The summed E-state index contributed by atoms with van der Waals surface area (Å²) in [5.41, 5.74) is 1.12. The first-order chi connectivity index (χ1) is 12.2. The monoisotopic (exact) mass is 373 g/mol. The third kappa shape index (κ3) is 3.88. The van der Waals surface area contributed by atoms with Gasteiger partial charge < -0.3 is 10.2 Å². The molecule has 0 aliphatic carbocycles. The molecule has 2 saturated heterocycles. The highest BCUT2D eigenvalue weighted by atomic mass is 35.5. The molecule has 1 amide bonds. The molecule has 26 heavy (non-hydrogen) atoms. The van der Waals surface area contributed by atoms with Gasteiger partial charge in [-0.15, -0.1) is 12.4 Å². The van der Waals surface area contributed by atoms with E-state index in [1.165, 1.54) is 10.8 Å². The van der Waals surface area contributed by atoms with Crippen LogP contribution >= 0.6 is 12.4 Å². The van der Waals surface area contributed by atoms with Gasteiger partial charge >= 0.3 is 0 Å². The molecule has 4 rings (SSSR count). The van der Waals surface area contributed by atoms with E-state index in [2.05, 4.69) is 57.6 Å². The van der Waals surface area contributed by atoms with E-state index in [9.17, 15) is 4.79 Å². The van der Waals surface area contributed by atoms with Crippen LogP contribution in [0.1, 0.15) is 24.8 Å². The summed E-state index contributed by atoms with van der Waals surface area (Å²) in [6.45, 7) is 8.17. The maximum atomic E-state index is 13.0. The number of halogens is 1. The number of carbonyl (C=O) groups excluding carboxylic acids is 1. The van der Waals surface area contributed by atoms with Crippen molar-refractivity contribution < 1.29 is 4.79 Å². The summed E-state index contributed by atoms with van der Waals surface area (Å²) in [6.07, 6.45) is 1.11. The summed E-state index contributed by atoms with van der Waals surface area (Å²) in [5, 5.41) is 5.84. The zero-order chi connectivity index (χ0) is 17.2. The molecule has 5 heteroatoms. The number of carbonyl (C=O) groups is 1. The lowest BCUT2D eigenvalue weighted by molar-refractivity contribution is -0.131. The molecule has 2 fully saturated rings. The van der Waals surface area contributed by atoms with Crippen molar-refractivity contribution in [2.45, 2.75) is 25.3 Å². The molecule has 0 spiro atoms. The Morgan fingerprint density at radius 2 is 1.81 bits per heavy atom. The van der Waals surface area contributed by atoms with Crippen molar-refractivity contribution in [3.05, 3.63) is 48.0 Å². The van der Waals surface area contributed by atoms with Gasteiger partial charge in [0.25, 0.3) is 0 Å². The zero-order valence-electron chi connectivity index (χ0n) is 15.4. The van der Waals surface area contributed by atoms with Crippen LogP contribution in [0.3, 0.4) is 0 Å². The number of nitrogens with zero attached hydrogens (tertiary/aromatic N) is 2. The third-order valence-electron chi connectivity index (χ3n) is 5.79. The van der Waals surface area contributed by atoms with Gasteiger partial charge in [-0.2, -0.15) is 0 Å². The fourth-order valence-electron chi connectivity index (χ4n) is 4.18. The average molecular weight is 374 g/mol. The predicted molar refractivity (Wildman–Crippen MR) is 109 cm³/mol. The molecule has 0 saturated carbocycles. The minimum Gasteiger partial charge on any atom is -0.341 e. The number of fused-ring (bicyclic) bond motifs is 1. The van der Waals surface area contributed by atoms with Crippen LogP contribution in [0, 0.1) is 0 Å². The fraction of sp³-hybridized carbons (Fsp3) is 0.476. The van der Waals surface area contributed by atoms with E-state index in [1.54, 1.807) is 0 Å². The minimum atomic E-state index is -0.0774. The summed E-state index contributed by atoms with van der Waals surface area (Å²) >= 11 is 0. The molecular formula is C21H28ClN3O. The molecular weight excluding hydrogens is 346 g/mol. The topological polar surface area (TPSA) is 35.6 Å². The summed E-state index contributed by atoms with van der Waals surface area (Å²) in [5.74, 6) is 0.194. The zero-order valence-corrected chi connectivity index (χ0v) is 16.2. The van der Waals surface area contributed by atoms with Gasteiger partial charge in [-0.25, -0.2) is 0 Å². The number of amides is 1. The van der Waals surface area contributed by atoms with Crippen LogP contribution < -0.4 is 5.32 Å². The van der Waals surface area contributed by atoms with Gasteiger partial charge in [0.2, 0.25) is 5.91 Å². The second-order valence-corrected chi connectivity index (χ2v) is 7.34. The van der Waals surface area contributed by atoms with Crippen molar-refractivity contribution >= 4 is 29.1 Å².